The molecule has 0 bridgehead atoms. The van der Waals surface area contributed by atoms with Gasteiger partial charge in [-0.1, -0.05) is 42.5 Å². The Hall–Kier alpha value is -4.99. The van der Waals surface area contributed by atoms with Gasteiger partial charge in [0.1, 0.15) is 28.9 Å². The molecule has 0 heterocycles. The lowest BCUT2D eigenvalue weighted by Gasteiger charge is -2.26. The van der Waals surface area contributed by atoms with Crippen molar-refractivity contribution in [1.82, 2.24) is 0 Å². The highest BCUT2D eigenvalue weighted by atomic mass is 16.7. The van der Waals surface area contributed by atoms with Gasteiger partial charge in [0.15, 0.2) is 12.1 Å². The minimum atomic E-state index is -1.21. The number of ketones is 1. The first-order valence-corrected chi connectivity index (χ1v) is 12.5. The van der Waals surface area contributed by atoms with Gasteiger partial charge in [0, 0.05) is 31.9 Å². The molecule has 9 nitrogen and oxygen atoms in total. The van der Waals surface area contributed by atoms with Gasteiger partial charge in [0.05, 0.1) is 23.8 Å². The molecule has 4 aromatic rings. The van der Waals surface area contributed by atoms with Crippen LogP contribution in [0.1, 0.15) is 42.6 Å². The summed E-state index contributed by atoms with van der Waals surface area (Å²) in [7, 11) is 4.15. The van der Waals surface area contributed by atoms with Crippen LogP contribution in [0.2, 0.25) is 0 Å². The van der Waals surface area contributed by atoms with Crippen molar-refractivity contribution in [2.45, 2.75) is 12.2 Å². The summed E-state index contributed by atoms with van der Waals surface area (Å²) in [6.45, 7) is 0. The number of ether oxygens (including phenoxy) is 5. The van der Waals surface area contributed by atoms with Crippen molar-refractivity contribution in [3.05, 3.63) is 119 Å². The Bertz CT molecular complexity index is 1510. The number of rotatable bonds is 11. The molecular weight excluding hydrogens is 528 g/mol. The zero-order chi connectivity index (χ0) is 29.4. The molecule has 0 aliphatic rings. The minimum absolute atomic E-state index is 0.0326. The van der Waals surface area contributed by atoms with Crippen LogP contribution in [0.4, 0.5) is 0 Å². The van der Waals surface area contributed by atoms with E-state index in [1.54, 1.807) is 60.7 Å². The highest BCUT2D eigenvalue weighted by molar-refractivity contribution is 6.04. The van der Waals surface area contributed by atoms with Crippen LogP contribution < -0.4 is 14.2 Å². The van der Waals surface area contributed by atoms with Crippen LogP contribution in [0.3, 0.4) is 0 Å². The van der Waals surface area contributed by atoms with E-state index in [4.69, 9.17) is 23.7 Å². The number of benzene rings is 4. The molecule has 4 aromatic carbocycles. The van der Waals surface area contributed by atoms with Crippen molar-refractivity contribution in [1.29, 1.82) is 0 Å². The largest absolute Gasteiger partial charge is 0.507 e. The van der Waals surface area contributed by atoms with Gasteiger partial charge in [-0.3, -0.25) is 4.79 Å². The molecule has 4 rings (SSSR count). The molecule has 0 radical (unpaired) electrons. The van der Waals surface area contributed by atoms with Crippen LogP contribution in [0, 0.1) is 0 Å². The monoisotopic (exact) mass is 556 g/mol. The third kappa shape index (κ3) is 6.78. The standard InChI is InChI=1S/C32H28O9/c1-37-22-14-16-24(26(33)18-22)29(34)28(32(38-2)39-3)25-17-15-23(40-30(35)20-10-6-4-7-11-20)19-27(25)41-31(36)21-12-8-5-9-13-21/h4-19,28,32-33H,1-3H3. The van der Waals surface area contributed by atoms with Gasteiger partial charge >= 0.3 is 11.9 Å². The lowest BCUT2D eigenvalue weighted by atomic mass is 9.88. The highest BCUT2D eigenvalue weighted by Crippen LogP contribution is 2.38. The average Bonchev–Trinajstić information content (AvgIpc) is 3.00. The molecule has 210 valence electrons. The summed E-state index contributed by atoms with van der Waals surface area (Å²) < 4.78 is 27.3. The number of esters is 2. The van der Waals surface area contributed by atoms with Crippen LogP contribution in [-0.2, 0) is 9.47 Å². The van der Waals surface area contributed by atoms with Gasteiger partial charge in [-0.2, -0.15) is 0 Å². The van der Waals surface area contributed by atoms with Crippen molar-refractivity contribution in [3.63, 3.8) is 0 Å². The first kappa shape index (κ1) is 29.0. The number of hydrogen-bond donors (Lipinski definition) is 1. The maximum absolute atomic E-state index is 13.9. The quantitative estimate of drug-likeness (QED) is 0.112. The van der Waals surface area contributed by atoms with Crippen LogP contribution in [-0.4, -0.2) is 50.4 Å². The second kappa shape index (κ2) is 13.4. The predicted octanol–water partition coefficient (Wildman–Crippen LogP) is 5.42. The summed E-state index contributed by atoms with van der Waals surface area (Å²) >= 11 is 0. The number of carbonyl (C=O) groups excluding carboxylic acids is 3. The molecule has 0 aliphatic carbocycles. The Morgan fingerprint density at radius 3 is 1.76 bits per heavy atom. The molecule has 0 saturated carbocycles. The van der Waals surface area contributed by atoms with Gasteiger partial charge < -0.3 is 28.8 Å². The molecule has 0 fully saturated rings. The molecule has 1 unspecified atom stereocenters. The summed E-state index contributed by atoms with van der Waals surface area (Å²) in [6, 6.07) is 25.2. The molecule has 1 N–H and O–H groups in total. The van der Waals surface area contributed by atoms with Gasteiger partial charge in [-0.25, -0.2) is 9.59 Å². The molecule has 41 heavy (non-hydrogen) atoms. The molecule has 0 spiro atoms. The Balaban J connectivity index is 1.80. The summed E-state index contributed by atoms with van der Waals surface area (Å²) in [6.07, 6.45) is -1.14. The predicted molar refractivity (Wildman–Crippen MR) is 149 cm³/mol. The normalized spacial score (nSPS) is 11.5. The van der Waals surface area contributed by atoms with Crippen LogP contribution in [0.5, 0.6) is 23.0 Å². The molecule has 9 heteroatoms. The smallest absolute Gasteiger partial charge is 0.343 e. The molecule has 0 aliphatic heterocycles. The van der Waals surface area contributed by atoms with Crippen molar-refractivity contribution >= 4 is 17.7 Å². The summed E-state index contributed by atoms with van der Waals surface area (Å²) in [4.78, 5) is 39.7. The average molecular weight is 557 g/mol. The van der Waals surface area contributed by atoms with E-state index in [1.807, 2.05) is 0 Å². The number of aromatic hydroxyl groups is 1. The number of carbonyl (C=O) groups is 3. The van der Waals surface area contributed by atoms with E-state index in [9.17, 15) is 19.5 Å². The number of phenolic OH excluding ortho intramolecular Hbond substituents is 1. The third-order valence-electron chi connectivity index (χ3n) is 6.24. The summed E-state index contributed by atoms with van der Waals surface area (Å²) in [5, 5.41) is 10.6. The van der Waals surface area contributed by atoms with E-state index in [2.05, 4.69) is 0 Å². The van der Waals surface area contributed by atoms with E-state index in [-0.39, 0.29) is 33.9 Å². The lowest BCUT2D eigenvalue weighted by molar-refractivity contribution is -0.110. The molecule has 1 atom stereocenters. The molecule has 0 saturated heterocycles. The van der Waals surface area contributed by atoms with Gasteiger partial charge in [-0.05, 0) is 42.5 Å². The topological polar surface area (TPSA) is 118 Å². The van der Waals surface area contributed by atoms with E-state index in [0.717, 1.165) is 0 Å². The summed E-state index contributed by atoms with van der Waals surface area (Å²) in [5.41, 5.74) is 0.745. The van der Waals surface area contributed by atoms with E-state index in [1.165, 1.54) is 57.7 Å². The Morgan fingerprint density at radius 2 is 1.22 bits per heavy atom. The fourth-order valence-electron chi connectivity index (χ4n) is 4.19. The van der Waals surface area contributed by atoms with Crippen molar-refractivity contribution in [2.24, 2.45) is 0 Å². The van der Waals surface area contributed by atoms with Crippen molar-refractivity contribution in [3.8, 4) is 23.0 Å². The second-order valence-corrected chi connectivity index (χ2v) is 8.78. The number of methoxy groups -OCH3 is 3. The van der Waals surface area contributed by atoms with Crippen LogP contribution >= 0.6 is 0 Å². The van der Waals surface area contributed by atoms with Crippen LogP contribution in [0.25, 0.3) is 0 Å². The highest BCUT2D eigenvalue weighted by Gasteiger charge is 2.35. The van der Waals surface area contributed by atoms with E-state index >= 15 is 0 Å². The zero-order valence-corrected chi connectivity index (χ0v) is 22.6. The Kier molecular flexibility index (Phi) is 9.47. The number of hydrogen-bond acceptors (Lipinski definition) is 9. The van der Waals surface area contributed by atoms with E-state index < -0.39 is 29.9 Å². The first-order chi connectivity index (χ1) is 19.9. The Morgan fingerprint density at radius 1 is 0.659 bits per heavy atom. The molecule has 0 aromatic heterocycles. The maximum Gasteiger partial charge on any atom is 0.343 e. The summed E-state index contributed by atoms with van der Waals surface area (Å²) in [5.74, 6) is -3.07. The van der Waals surface area contributed by atoms with Gasteiger partial charge in [-0.15, -0.1) is 0 Å². The Labute approximate surface area is 236 Å². The van der Waals surface area contributed by atoms with E-state index in [0.29, 0.717) is 11.3 Å². The fourth-order valence-corrected chi connectivity index (χ4v) is 4.19. The third-order valence-corrected chi connectivity index (χ3v) is 6.24. The lowest BCUT2D eigenvalue weighted by Crippen LogP contribution is -2.30. The van der Waals surface area contributed by atoms with Gasteiger partial charge in [0.25, 0.3) is 0 Å². The SMILES string of the molecule is COc1ccc(C(=O)C(c2ccc(OC(=O)c3ccccc3)cc2OC(=O)c2ccccc2)C(OC)OC)c(O)c1. The van der Waals surface area contributed by atoms with Crippen molar-refractivity contribution < 1.29 is 43.2 Å². The molecule has 0 amide bonds. The fraction of sp³-hybridized carbons (Fsp3) is 0.156. The maximum atomic E-state index is 13.9. The number of phenols is 1. The minimum Gasteiger partial charge on any atom is -0.507 e. The number of Topliss-reactive ketones (excluding diaryl/α,β-unsaturated/α-hetero) is 1. The zero-order valence-electron chi connectivity index (χ0n) is 22.6. The first-order valence-electron chi connectivity index (χ1n) is 12.5. The van der Waals surface area contributed by atoms with Gasteiger partial charge in [0.2, 0.25) is 0 Å². The molecular formula is C32H28O9. The van der Waals surface area contributed by atoms with Crippen LogP contribution in [0.15, 0.2) is 97.1 Å². The second-order valence-electron chi connectivity index (χ2n) is 8.78. The van der Waals surface area contributed by atoms with Crippen molar-refractivity contribution in [2.75, 3.05) is 21.3 Å².